The van der Waals surface area contributed by atoms with Gasteiger partial charge < -0.3 is 15.0 Å². The van der Waals surface area contributed by atoms with E-state index in [0.717, 1.165) is 53.9 Å². The molecule has 4 rings (SSSR count). The molecule has 1 N–H and O–H groups in total. The molecule has 2 aliphatic heterocycles. The highest BCUT2D eigenvalue weighted by Gasteiger charge is 2.19. The van der Waals surface area contributed by atoms with Crippen molar-refractivity contribution >= 4 is 28.1 Å². The van der Waals surface area contributed by atoms with Crippen LogP contribution in [0.1, 0.15) is 5.56 Å². The van der Waals surface area contributed by atoms with Crippen LogP contribution in [-0.4, -0.2) is 37.2 Å². The maximum absolute atomic E-state index is 11.4. The van der Waals surface area contributed by atoms with Gasteiger partial charge in [0.15, 0.2) is 5.13 Å². The van der Waals surface area contributed by atoms with Crippen molar-refractivity contribution in [1.29, 1.82) is 0 Å². The van der Waals surface area contributed by atoms with Crippen molar-refractivity contribution in [2.24, 2.45) is 0 Å². The van der Waals surface area contributed by atoms with Crippen molar-refractivity contribution in [3.63, 3.8) is 0 Å². The minimum absolute atomic E-state index is 0.0643. The summed E-state index contributed by atoms with van der Waals surface area (Å²) in [6, 6.07) is 6.04. The number of nitrogens with one attached hydrogen (secondary N) is 1. The Balaban J connectivity index is 1.61. The predicted molar refractivity (Wildman–Crippen MR) is 82.9 cm³/mol. The van der Waals surface area contributed by atoms with Crippen LogP contribution in [0.15, 0.2) is 23.6 Å². The molecule has 6 heteroatoms. The number of hydrogen-bond donors (Lipinski definition) is 1. The second-order valence-corrected chi connectivity index (χ2v) is 6.05. The summed E-state index contributed by atoms with van der Waals surface area (Å²) < 4.78 is 5.37. The summed E-state index contributed by atoms with van der Waals surface area (Å²) in [5.74, 6) is 0.0643. The molecule has 0 atom stereocenters. The average molecular weight is 301 g/mol. The van der Waals surface area contributed by atoms with Gasteiger partial charge in [0.2, 0.25) is 5.91 Å². The molecule has 1 aromatic carbocycles. The van der Waals surface area contributed by atoms with Gasteiger partial charge in [0, 0.05) is 29.7 Å². The van der Waals surface area contributed by atoms with E-state index in [1.165, 1.54) is 0 Å². The van der Waals surface area contributed by atoms with Gasteiger partial charge >= 0.3 is 0 Å². The molecule has 21 heavy (non-hydrogen) atoms. The van der Waals surface area contributed by atoms with E-state index >= 15 is 0 Å². The lowest BCUT2D eigenvalue weighted by molar-refractivity contribution is -0.115. The molecule has 0 saturated carbocycles. The fourth-order valence-corrected chi connectivity index (χ4v) is 3.57. The Morgan fingerprint density at radius 1 is 1.29 bits per heavy atom. The first-order valence-electron chi connectivity index (χ1n) is 7.01. The fraction of sp³-hybridized carbons (Fsp3) is 0.333. The molecule has 2 aromatic rings. The topological polar surface area (TPSA) is 54.5 Å². The number of aromatic nitrogens is 1. The average Bonchev–Trinajstić information content (AvgIpc) is 3.12. The molecule has 0 unspecified atom stereocenters. The van der Waals surface area contributed by atoms with Crippen LogP contribution in [0.25, 0.3) is 11.3 Å². The van der Waals surface area contributed by atoms with Crippen LogP contribution in [0.5, 0.6) is 0 Å². The van der Waals surface area contributed by atoms with Crippen molar-refractivity contribution in [2.75, 3.05) is 36.5 Å². The number of amides is 1. The zero-order chi connectivity index (χ0) is 14.2. The van der Waals surface area contributed by atoms with E-state index in [4.69, 9.17) is 9.72 Å². The number of fused-ring (bicyclic) bond motifs is 1. The fourth-order valence-electron chi connectivity index (χ4n) is 2.69. The van der Waals surface area contributed by atoms with Crippen molar-refractivity contribution in [3.8, 4) is 11.3 Å². The molecule has 1 aromatic heterocycles. The van der Waals surface area contributed by atoms with Crippen molar-refractivity contribution < 1.29 is 9.53 Å². The summed E-state index contributed by atoms with van der Waals surface area (Å²) in [5, 5.41) is 5.98. The molecular formula is C15H15N3O2S. The second kappa shape index (κ2) is 5.13. The summed E-state index contributed by atoms with van der Waals surface area (Å²) >= 11 is 1.66. The number of hydrogen-bond acceptors (Lipinski definition) is 5. The first-order chi connectivity index (χ1) is 10.3. The zero-order valence-electron chi connectivity index (χ0n) is 11.5. The number of anilines is 2. The minimum atomic E-state index is 0.0643. The first kappa shape index (κ1) is 12.8. The SMILES string of the molecule is O=C1Cc2cc(-c3csc(N4CCOCC4)n3)ccc2N1. The summed E-state index contributed by atoms with van der Waals surface area (Å²) in [7, 11) is 0. The summed E-state index contributed by atoms with van der Waals surface area (Å²) in [6.45, 7) is 3.33. The summed E-state index contributed by atoms with van der Waals surface area (Å²) in [5.41, 5.74) is 4.02. The summed E-state index contributed by atoms with van der Waals surface area (Å²) in [4.78, 5) is 18.4. The molecule has 1 saturated heterocycles. The van der Waals surface area contributed by atoms with Gasteiger partial charge in [0.05, 0.1) is 25.3 Å². The Bertz CT molecular complexity index is 692. The highest BCUT2D eigenvalue weighted by molar-refractivity contribution is 7.14. The number of rotatable bonds is 2. The normalized spacial score (nSPS) is 17.7. The zero-order valence-corrected chi connectivity index (χ0v) is 12.3. The number of nitrogens with zero attached hydrogens (tertiary/aromatic N) is 2. The Labute approximate surface area is 126 Å². The highest BCUT2D eigenvalue weighted by Crippen LogP contribution is 2.32. The number of carbonyl (C=O) groups is 1. The van der Waals surface area contributed by atoms with E-state index in [-0.39, 0.29) is 5.91 Å². The molecular weight excluding hydrogens is 286 g/mol. The number of morpholine rings is 1. The van der Waals surface area contributed by atoms with E-state index in [1.807, 2.05) is 12.1 Å². The third-order valence-corrected chi connectivity index (χ3v) is 4.70. The van der Waals surface area contributed by atoms with Crippen LogP contribution >= 0.6 is 11.3 Å². The van der Waals surface area contributed by atoms with E-state index in [1.54, 1.807) is 11.3 Å². The molecule has 2 aliphatic rings. The maximum atomic E-state index is 11.4. The largest absolute Gasteiger partial charge is 0.378 e. The minimum Gasteiger partial charge on any atom is -0.378 e. The van der Waals surface area contributed by atoms with Gasteiger partial charge in [-0.2, -0.15) is 0 Å². The smallest absolute Gasteiger partial charge is 0.228 e. The Kier molecular flexibility index (Phi) is 3.12. The van der Waals surface area contributed by atoms with Gasteiger partial charge in [-0.15, -0.1) is 11.3 Å². The molecule has 0 spiro atoms. The van der Waals surface area contributed by atoms with E-state index in [2.05, 4.69) is 21.7 Å². The van der Waals surface area contributed by atoms with E-state index in [0.29, 0.717) is 6.42 Å². The first-order valence-corrected chi connectivity index (χ1v) is 7.89. The van der Waals surface area contributed by atoms with E-state index in [9.17, 15) is 4.79 Å². The van der Waals surface area contributed by atoms with Gasteiger partial charge in [0.1, 0.15) is 0 Å². The number of thiazole rings is 1. The molecule has 0 bridgehead atoms. The van der Waals surface area contributed by atoms with Crippen LogP contribution in [0, 0.1) is 0 Å². The lowest BCUT2D eigenvalue weighted by atomic mass is 10.1. The van der Waals surface area contributed by atoms with Crippen molar-refractivity contribution in [1.82, 2.24) is 4.98 Å². The number of carbonyl (C=O) groups excluding carboxylic acids is 1. The molecule has 108 valence electrons. The van der Waals surface area contributed by atoms with Crippen LogP contribution in [0.3, 0.4) is 0 Å². The third-order valence-electron chi connectivity index (χ3n) is 3.80. The van der Waals surface area contributed by atoms with Crippen LogP contribution < -0.4 is 10.2 Å². The molecule has 3 heterocycles. The Hall–Kier alpha value is -1.92. The van der Waals surface area contributed by atoms with Crippen LogP contribution in [0.4, 0.5) is 10.8 Å². The quantitative estimate of drug-likeness (QED) is 0.923. The van der Waals surface area contributed by atoms with Crippen LogP contribution in [-0.2, 0) is 16.0 Å². The van der Waals surface area contributed by atoms with Crippen molar-refractivity contribution in [3.05, 3.63) is 29.1 Å². The van der Waals surface area contributed by atoms with Gasteiger partial charge in [-0.25, -0.2) is 4.98 Å². The van der Waals surface area contributed by atoms with Gasteiger partial charge in [0.25, 0.3) is 0 Å². The standard InChI is InChI=1S/C15H15N3O2S/c19-14-8-11-7-10(1-2-12(11)16-14)13-9-21-15(17-13)18-3-5-20-6-4-18/h1-2,7,9H,3-6,8H2,(H,16,19). The van der Waals surface area contributed by atoms with Gasteiger partial charge in [-0.1, -0.05) is 6.07 Å². The number of ether oxygens (including phenoxy) is 1. The van der Waals surface area contributed by atoms with Crippen LogP contribution in [0.2, 0.25) is 0 Å². The van der Waals surface area contributed by atoms with Gasteiger partial charge in [-0.05, 0) is 17.7 Å². The molecule has 1 amide bonds. The predicted octanol–water partition coefficient (Wildman–Crippen LogP) is 2.14. The molecule has 0 radical (unpaired) electrons. The Morgan fingerprint density at radius 3 is 3.00 bits per heavy atom. The van der Waals surface area contributed by atoms with Crippen molar-refractivity contribution in [2.45, 2.75) is 6.42 Å². The third kappa shape index (κ3) is 2.41. The van der Waals surface area contributed by atoms with E-state index < -0.39 is 0 Å². The monoisotopic (exact) mass is 301 g/mol. The van der Waals surface area contributed by atoms with Gasteiger partial charge in [-0.3, -0.25) is 4.79 Å². The molecule has 0 aliphatic carbocycles. The lowest BCUT2D eigenvalue weighted by Gasteiger charge is -2.26. The molecule has 5 nitrogen and oxygen atoms in total. The Morgan fingerprint density at radius 2 is 2.14 bits per heavy atom. The molecule has 1 fully saturated rings. The second-order valence-electron chi connectivity index (χ2n) is 5.21. The summed E-state index contributed by atoms with van der Waals surface area (Å²) in [6.07, 6.45) is 0.462. The number of benzene rings is 1. The lowest BCUT2D eigenvalue weighted by Crippen LogP contribution is -2.36. The maximum Gasteiger partial charge on any atom is 0.228 e. The highest BCUT2D eigenvalue weighted by atomic mass is 32.1.